The van der Waals surface area contributed by atoms with Gasteiger partial charge in [-0.15, -0.1) is 11.8 Å². The molecular formula is C25H34ClN3O4S. The Labute approximate surface area is 210 Å². The second kappa shape index (κ2) is 9.03. The van der Waals surface area contributed by atoms with Gasteiger partial charge in [0.25, 0.3) is 0 Å². The first kappa shape index (κ1) is 25.3. The van der Waals surface area contributed by atoms with Gasteiger partial charge in [0.2, 0.25) is 17.7 Å². The van der Waals surface area contributed by atoms with Crippen LogP contribution in [0.2, 0.25) is 5.02 Å². The average Bonchev–Trinajstić information content (AvgIpc) is 3.34. The Hall–Kier alpha value is -1.77. The predicted molar refractivity (Wildman–Crippen MR) is 135 cm³/mol. The summed E-state index contributed by atoms with van der Waals surface area (Å²) < 4.78 is -1.15. The summed E-state index contributed by atoms with van der Waals surface area (Å²) in [5.41, 5.74) is 1.35. The van der Waals surface area contributed by atoms with E-state index in [4.69, 9.17) is 11.6 Å². The van der Waals surface area contributed by atoms with Crippen LogP contribution in [-0.2, 0) is 14.4 Å². The first-order chi connectivity index (χ1) is 16.0. The summed E-state index contributed by atoms with van der Waals surface area (Å²) in [5.74, 6) is -1.61. The molecule has 4 rings (SSSR count). The number of aryl methyl sites for hydroxylation is 1. The number of nitrogens with one attached hydrogen (secondary N) is 2. The molecule has 7 nitrogen and oxygen atoms in total. The number of thioether (sulfide) groups is 1. The predicted octanol–water partition coefficient (Wildman–Crippen LogP) is 3.22. The van der Waals surface area contributed by atoms with E-state index in [-0.39, 0.29) is 30.2 Å². The minimum Gasteiger partial charge on any atom is -0.394 e. The lowest BCUT2D eigenvalue weighted by atomic mass is 9.66. The van der Waals surface area contributed by atoms with Gasteiger partial charge in [-0.3, -0.25) is 14.4 Å². The second-order valence-electron chi connectivity index (χ2n) is 10.5. The molecule has 3 saturated heterocycles. The lowest BCUT2D eigenvalue weighted by molar-refractivity contribution is -0.142. The Kier molecular flexibility index (Phi) is 6.72. The zero-order valence-corrected chi connectivity index (χ0v) is 21.9. The molecule has 1 aromatic carbocycles. The van der Waals surface area contributed by atoms with Crippen LogP contribution in [0.3, 0.4) is 0 Å². The minimum atomic E-state index is -0.807. The quantitative estimate of drug-likeness (QED) is 0.526. The largest absolute Gasteiger partial charge is 0.394 e. The van der Waals surface area contributed by atoms with Crippen LogP contribution in [0.1, 0.15) is 45.6 Å². The van der Waals surface area contributed by atoms with E-state index in [0.29, 0.717) is 23.6 Å². The molecule has 1 spiro atoms. The number of aliphatic hydroxyl groups excluding tert-OH is 1. The van der Waals surface area contributed by atoms with E-state index in [9.17, 15) is 19.5 Å². The number of amides is 3. The van der Waals surface area contributed by atoms with Crippen LogP contribution in [0.5, 0.6) is 0 Å². The number of halogens is 1. The van der Waals surface area contributed by atoms with Crippen LogP contribution in [0.25, 0.3) is 0 Å². The molecule has 3 aliphatic heterocycles. The van der Waals surface area contributed by atoms with Crippen molar-refractivity contribution in [3.05, 3.63) is 28.8 Å². The number of carbonyl (C=O) groups is 3. The number of fused-ring (bicyclic) bond motifs is 1. The lowest BCUT2D eigenvalue weighted by Gasteiger charge is -2.37. The molecular weight excluding hydrogens is 474 g/mol. The third-order valence-electron chi connectivity index (χ3n) is 7.81. The van der Waals surface area contributed by atoms with Crippen molar-refractivity contribution in [2.75, 3.05) is 19.0 Å². The highest BCUT2D eigenvalue weighted by atomic mass is 35.5. The van der Waals surface area contributed by atoms with Crippen LogP contribution in [0.15, 0.2) is 18.2 Å². The lowest BCUT2D eigenvalue weighted by Crippen LogP contribution is -2.55. The molecule has 3 amide bonds. The highest BCUT2D eigenvalue weighted by Gasteiger charge is 2.77. The van der Waals surface area contributed by atoms with Gasteiger partial charge in [-0.1, -0.05) is 37.6 Å². The molecule has 0 aromatic heterocycles. The van der Waals surface area contributed by atoms with E-state index in [1.165, 1.54) is 0 Å². The number of benzene rings is 1. The van der Waals surface area contributed by atoms with Gasteiger partial charge in [-0.05, 0) is 50.7 Å². The molecule has 1 aromatic rings. The molecule has 6 atom stereocenters. The summed E-state index contributed by atoms with van der Waals surface area (Å²) in [6.45, 7) is 7.72. The maximum atomic E-state index is 14.0. The molecule has 0 aliphatic carbocycles. The molecule has 9 heteroatoms. The minimum absolute atomic E-state index is 0.165. The van der Waals surface area contributed by atoms with Crippen LogP contribution < -0.4 is 10.6 Å². The Bertz CT molecular complexity index is 1000. The summed E-state index contributed by atoms with van der Waals surface area (Å²) in [4.78, 5) is 42.7. The zero-order valence-electron chi connectivity index (χ0n) is 20.4. The van der Waals surface area contributed by atoms with Gasteiger partial charge in [0.15, 0.2) is 0 Å². The maximum absolute atomic E-state index is 14.0. The summed E-state index contributed by atoms with van der Waals surface area (Å²) >= 11 is 8.02. The van der Waals surface area contributed by atoms with Crippen molar-refractivity contribution in [2.45, 2.75) is 68.5 Å². The number of para-hydroxylation sites is 1. The van der Waals surface area contributed by atoms with E-state index in [1.54, 1.807) is 29.8 Å². The van der Waals surface area contributed by atoms with Gasteiger partial charge in [0.1, 0.15) is 6.04 Å². The molecule has 0 radical (unpaired) electrons. The van der Waals surface area contributed by atoms with E-state index >= 15 is 0 Å². The standard InChI is InChI=1S/C25H34ClN3O4S/c1-13(2)11-15(12-30)29-20(22(32)28-19-14(3)7-6-8-16(19)26)25-10-9-24(4,34-25)17(21(31)27-5)18(25)23(29)33/h6-8,13,15,17-18,20,30H,9-12H2,1-5H3,(H,27,31)(H,28,32)/t15-,17+,18+,20?,24-,25?/m1/s1. The van der Waals surface area contributed by atoms with E-state index in [0.717, 1.165) is 12.0 Å². The number of hydrogen-bond acceptors (Lipinski definition) is 5. The van der Waals surface area contributed by atoms with E-state index in [2.05, 4.69) is 10.6 Å². The molecule has 3 N–H and O–H groups in total. The number of carbonyl (C=O) groups excluding carboxylic acids is 3. The monoisotopic (exact) mass is 507 g/mol. The number of likely N-dealkylation sites (tertiary alicyclic amines) is 1. The molecule has 0 saturated carbocycles. The van der Waals surface area contributed by atoms with Crippen molar-refractivity contribution in [3.63, 3.8) is 0 Å². The third kappa shape index (κ3) is 3.73. The van der Waals surface area contributed by atoms with E-state index < -0.39 is 33.4 Å². The van der Waals surface area contributed by atoms with Crippen molar-refractivity contribution in [1.29, 1.82) is 0 Å². The summed E-state index contributed by atoms with van der Waals surface area (Å²) in [6, 6.07) is 4.09. The fraction of sp³-hybridized carbons (Fsp3) is 0.640. The molecule has 34 heavy (non-hydrogen) atoms. The Morgan fingerprint density at radius 1 is 1.29 bits per heavy atom. The zero-order chi connectivity index (χ0) is 25.0. The maximum Gasteiger partial charge on any atom is 0.248 e. The third-order valence-corrected chi connectivity index (χ3v) is 10.1. The fourth-order valence-electron chi connectivity index (χ4n) is 6.42. The van der Waals surface area contributed by atoms with Crippen molar-refractivity contribution in [1.82, 2.24) is 10.2 Å². The van der Waals surface area contributed by atoms with Crippen molar-refractivity contribution >= 4 is 46.8 Å². The van der Waals surface area contributed by atoms with Crippen molar-refractivity contribution in [2.24, 2.45) is 17.8 Å². The van der Waals surface area contributed by atoms with Gasteiger partial charge in [0.05, 0.1) is 39.9 Å². The van der Waals surface area contributed by atoms with Crippen LogP contribution in [0, 0.1) is 24.7 Å². The molecule has 2 bridgehead atoms. The van der Waals surface area contributed by atoms with Gasteiger partial charge < -0.3 is 20.6 Å². The van der Waals surface area contributed by atoms with Crippen LogP contribution in [0.4, 0.5) is 5.69 Å². The smallest absolute Gasteiger partial charge is 0.248 e. The molecule has 3 heterocycles. The topological polar surface area (TPSA) is 98.7 Å². The first-order valence-electron chi connectivity index (χ1n) is 11.9. The number of anilines is 1. The van der Waals surface area contributed by atoms with Gasteiger partial charge in [-0.25, -0.2) is 0 Å². The number of aliphatic hydroxyl groups is 1. The van der Waals surface area contributed by atoms with Gasteiger partial charge >= 0.3 is 0 Å². The number of rotatable bonds is 7. The SMILES string of the molecule is CNC(=O)[C@@H]1[C@H]2C(=O)N([C@@H](CO)CC(C)C)C(C(=O)Nc3c(C)cccc3Cl)C23CC[C@@]1(C)S3. The summed E-state index contributed by atoms with van der Waals surface area (Å²) in [6.07, 6.45) is 1.97. The average molecular weight is 508 g/mol. The van der Waals surface area contributed by atoms with E-state index in [1.807, 2.05) is 39.8 Å². The normalized spacial score (nSPS) is 32.8. The number of nitrogens with zero attached hydrogens (tertiary/aromatic N) is 1. The van der Waals surface area contributed by atoms with Crippen LogP contribution in [-0.4, -0.2) is 63.0 Å². The highest BCUT2D eigenvalue weighted by Crippen LogP contribution is 2.71. The molecule has 3 fully saturated rings. The summed E-state index contributed by atoms with van der Waals surface area (Å²) in [7, 11) is 1.59. The summed E-state index contributed by atoms with van der Waals surface area (Å²) in [5, 5.41) is 16.5. The Morgan fingerprint density at radius 2 is 2.00 bits per heavy atom. The highest BCUT2D eigenvalue weighted by molar-refractivity contribution is 8.02. The van der Waals surface area contributed by atoms with Crippen molar-refractivity contribution < 1.29 is 19.5 Å². The van der Waals surface area contributed by atoms with Gasteiger partial charge in [-0.2, -0.15) is 0 Å². The van der Waals surface area contributed by atoms with Crippen molar-refractivity contribution in [3.8, 4) is 0 Å². The molecule has 2 unspecified atom stereocenters. The second-order valence-corrected chi connectivity index (χ2v) is 12.8. The fourth-order valence-corrected chi connectivity index (χ4v) is 9.03. The van der Waals surface area contributed by atoms with Crippen LogP contribution >= 0.6 is 23.4 Å². The molecule has 3 aliphatic rings. The van der Waals surface area contributed by atoms with Gasteiger partial charge in [0, 0.05) is 11.8 Å². The molecule has 186 valence electrons. The Morgan fingerprint density at radius 3 is 2.59 bits per heavy atom. The number of hydrogen-bond donors (Lipinski definition) is 3. The first-order valence-corrected chi connectivity index (χ1v) is 13.1. The Balaban J connectivity index is 1.81.